The molecule has 0 spiro atoms. The number of hydrogen-bond donors (Lipinski definition) is 2. The van der Waals surface area contributed by atoms with Crippen molar-refractivity contribution < 1.29 is 19.1 Å². The summed E-state index contributed by atoms with van der Waals surface area (Å²) in [6.45, 7) is 0. The van der Waals surface area contributed by atoms with Gasteiger partial charge in [0.1, 0.15) is 0 Å². The van der Waals surface area contributed by atoms with Crippen molar-refractivity contribution in [3.05, 3.63) is 77.4 Å². The summed E-state index contributed by atoms with van der Waals surface area (Å²) in [6, 6.07) is 15.6. The highest BCUT2D eigenvalue weighted by Crippen LogP contribution is 2.17. The number of rotatable bonds is 7. The Morgan fingerprint density at radius 3 is 2.30 bits per heavy atom. The van der Waals surface area contributed by atoms with Crippen LogP contribution in [0.2, 0.25) is 0 Å². The molecule has 0 aromatic heterocycles. The minimum absolute atomic E-state index is 0.0426. The van der Waals surface area contributed by atoms with E-state index in [1.165, 1.54) is 13.2 Å². The third-order valence-electron chi connectivity index (χ3n) is 3.94. The zero-order valence-electron chi connectivity index (χ0n) is 15.3. The topological polar surface area (TPSA) is 84.5 Å². The van der Waals surface area contributed by atoms with Crippen LogP contribution in [0.4, 0.5) is 0 Å². The molecule has 2 N–H and O–H groups in total. The van der Waals surface area contributed by atoms with E-state index < -0.39 is 12.0 Å². The van der Waals surface area contributed by atoms with E-state index in [0.29, 0.717) is 5.56 Å². The number of carbonyl (C=O) groups is 3. The molecule has 2 amide bonds. The van der Waals surface area contributed by atoms with Gasteiger partial charge in [-0.1, -0.05) is 42.5 Å². The highest BCUT2D eigenvalue weighted by atomic mass is 16.5. The van der Waals surface area contributed by atoms with Crippen LogP contribution in [0.1, 0.15) is 33.9 Å². The lowest BCUT2D eigenvalue weighted by molar-refractivity contribution is -0.141. The number of nitrogens with one attached hydrogen (secondary N) is 2. The largest absolute Gasteiger partial charge is 0.469 e. The molecule has 0 fully saturated rings. The van der Waals surface area contributed by atoms with Crippen LogP contribution >= 0.6 is 0 Å². The van der Waals surface area contributed by atoms with E-state index in [4.69, 9.17) is 4.74 Å². The quantitative estimate of drug-likeness (QED) is 0.582. The molecule has 0 heterocycles. The molecule has 140 valence electrons. The number of amides is 2. The van der Waals surface area contributed by atoms with Gasteiger partial charge in [0, 0.05) is 18.7 Å². The highest BCUT2D eigenvalue weighted by Gasteiger charge is 2.17. The Kier molecular flexibility index (Phi) is 7.31. The van der Waals surface area contributed by atoms with Gasteiger partial charge in [0.2, 0.25) is 5.91 Å². The first-order chi connectivity index (χ1) is 13.0. The van der Waals surface area contributed by atoms with Gasteiger partial charge in [0.25, 0.3) is 5.91 Å². The molecule has 0 radical (unpaired) electrons. The zero-order valence-corrected chi connectivity index (χ0v) is 15.3. The summed E-state index contributed by atoms with van der Waals surface area (Å²) in [6.07, 6.45) is 3.08. The molecule has 27 heavy (non-hydrogen) atoms. The van der Waals surface area contributed by atoms with Crippen LogP contribution in [0.15, 0.2) is 60.7 Å². The molecule has 0 bridgehead atoms. The minimum atomic E-state index is -0.480. The maximum absolute atomic E-state index is 12.3. The molecular formula is C21H22N2O4. The first-order valence-electron chi connectivity index (χ1n) is 8.46. The SMILES string of the molecule is CNC(=O)c1ccc(/C=C/C(=O)NC(CC(=O)OC)c2ccccc2)cc1. The molecule has 1 unspecified atom stereocenters. The Morgan fingerprint density at radius 2 is 1.70 bits per heavy atom. The normalized spacial score (nSPS) is 11.6. The Hall–Kier alpha value is -3.41. The first kappa shape index (κ1) is 19.9. The maximum Gasteiger partial charge on any atom is 0.307 e. The highest BCUT2D eigenvalue weighted by molar-refractivity contribution is 5.95. The summed E-state index contributed by atoms with van der Waals surface area (Å²) in [5, 5.41) is 5.37. The van der Waals surface area contributed by atoms with Gasteiger partial charge in [-0.3, -0.25) is 14.4 Å². The summed E-state index contributed by atoms with van der Waals surface area (Å²) in [4.78, 5) is 35.4. The van der Waals surface area contributed by atoms with Gasteiger partial charge in [-0.2, -0.15) is 0 Å². The van der Waals surface area contributed by atoms with Crippen molar-refractivity contribution in [1.29, 1.82) is 0 Å². The number of ether oxygens (including phenoxy) is 1. The fourth-order valence-corrected chi connectivity index (χ4v) is 2.47. The fourth-order valence-electron chi connectivity index (χ4n) is 2.47. The molecule has 0 aliphatic rings. The molecule has 2 rings (SSSR count). The Labute approximate surface area is 158 Å². The van der Waals surface area contributed by atoms with Crippen molar-refractivity contribution in [2.75, 3.05) is 14.2 Å². The van der Waals surface area contributed by atoms with Crippen molar-refractivity contribution in [3.63, 3.8) is 0 Å². The number of carbonyl (C=O) groups excluding carboxylic acids is 3. The van der Waals surface area contributed by atoms with Gasteiger partial charge in [0.15, 0.2) is 0 Å². The second-order valence-electron chi connectivity index (χ2n) is 5.79. The van der Waals surface area contributed by atoms with Crippen molar-refractivity contribution in [2.24, 2.45) is 0 Å². The predicted octanol–water partition coefficient (Wildman–Crippen LogP) is 2.48. The maximum atomic E-state index is 12.3. The summed E-state index contributed by atoms with van der Waals surface area (Å²) in [7, 11) is 2.88. The molecule has 6 heteroatoms. The third kappa shape index (κ3) is 6.11. The summed E-state index contributed by atoms with van der Waals surface area (Å²) in [5.41, 5.74) is 2.14. The van der Waals surface area contributed by atoms with Crippen molar-refractivity contribution in [1.82, 2.24) is 10.6 Å². The Balaban J connectivity index is 2.05. The molecular weight excluding hydrogens is 344 g/mol. The number of methoxy groups -OCH3 is 1. The monoisotopic (exact) mass is 366 g/mol. The van der Waals surface area contributed by atoms with Crippen LogP contribution in [0, 0.1) is 0 Å². The van der Waals surface area contributed by atoms with Gasteiger partial charge >= 0.3 is 5.97 Å². The number of benzene rings is 2. The smallest absolute Gasteiger partial charge is 0.307 e. The van der Waals surface area contributed by atoms with Gasteiger partial charge in [-0.15, -0.1) is 0 Å². The second kappa shape index (κ2) is 9.91. The van der Waals surface area contributed by atoms with E-state index in [1.807, 2.05) is 30.3 Å². The molecule has 0 saturated heterocycles. The molecule has 6 nitrogen and oxygen atoms in total. The van der Waals surface area contributed by atoms with Crippen molar-refractivity contribution >= 4 is 23.9 Å². The van der Waals surface area contributed by atoms with Gasteiger partial charge < -0.3 is 15.4 Å². The summed E-state index contributed by atoms with van der Waals surface area (Å²) in [5.74, 6) is -0.905. The third-order valence-corrected chi connectivity index (χ3v) is 3.94. The van der Waals surface area contributed by atoms with Gasteiger partial charge in [-0.05, 0) is 29.3 Å². The van der Waals surface area contributed by atoms with E-state index in [1.54, 1.807) is 37.4 Å². The second-order valence-corrected chi connectivity index (χ2v) is 5.79. The molecule has 2 aromatic carbocycles. The minimum Gasteiger partial charge on any atom is -0.469 e. The van der Waals surface area contributed by atoms with Crippen LogP contribution in [0.3, 0.4) is 0 Å². The summed E-state index contributed by atoms with van der Waals surface area (Å²) >= 11 is 0. The number of esters is 1. The lowest BCUT2D eigenvalue weighted by Gasteiger charge is -2.17. The van der Waals surface area contributed by atoms with E-state index in [-0.39, 0.29) is 18.2 Å². The number of hydrogen-bond acceptors (Lipinski definition) is 4. The Morgan fingerprint density at radius 1 is 1.04 bits per heavy atom. The molecule has 1 atom stereocenters. The van der Waals surface area contributed by atoms with Crippen LogP contribution in [0.25, 0.3) is 6.08 Å². The first-order valence-corrected chi connectivity index (χ1v) is 8.46. The molecule has 0 aliphatic carbocycles. The van der Waals surface area contributed by atoms with E-state index in [0.717, 1.165) is 11.1 Å². The van der Waals surface area contributed by atoms with Crippen LogP contribution in [0.5, 0.6) is 0 Å². The van der Waals surface area contributed by atoms with E-state index >= 15 is 0 Å². The van der Waals surface area contributed by atoms with Gasteiger partial charge in [-0.25, -0.2) is 0 Å². The average molecular weight is 366 g/mol. The zero-order chi connectivity index (χ0) is 19.6. The summed E-state index contributed by atoms with van der Waals surface area (Å²) < 4.78 is 4.71. The average Bonchev–Trinajstić information content (AvgIpc) is 2.72. The molecule has 0 aliphatic heterocycles. The van der Waals surface area contributed by atoms with Crippen molar-refractivity contribution in [2.45, 2.75) is 12.5 Å². The predicted molar refractivity (Wildman–Crippen MR) is 103 cm³/mol. The van der Waals surface area contributed by atoms with Crippen LogP contribution < -0.4 is 10.6 Å². The lowest BCUT2D eigenvalue weighted by Crippen LogP contribution is -2.29. The lowest BCUT2D eigenvalue weighted by atomic mass is 10.0. The Bertz CT molecular complexity index is 814. The van der Waals surface area contributed by atoms with Crippen LogP contribution in [-0.4, -0.2) is 31.9 Å². The molecule has 2 aromatic rings. The van der Waals surface area contributed by atoms with Crippen LogP contribution in [-0.2, 0) is 14.3 Å². The van der Waals surface area contributed by atoms with Gasteiger partial charge in [0.05, 0.1) is 19.6 Å². The fraction of sp³-hybridized carbons (Fsp3) is 0.190. The van der Waals surface area contributed by atoms with E-state index in [2.05, 4.69) is 10.6 Å². The standard InChI is InChI=1S/C21H22N2O4/c1-22-21(26)17-11-8-15(9-12-17)10-13-19(24)23-18(14-20(25)27-2)16-6-4-3-5-7-16/h3-13,18H,14H2,1-2H3,(H,22,26)(H,23,24)/b13-10+. The molecule has 0 saturated carbocycles. The van der Waals surface area contributed by atoms with Crippen molar-refractivity contribution in [3.8, 4) is 0 Å². The van der Waals surface area contributed by atoms with E-state index in [9.17, 15) is 14.4 Å².